The van der Waals surface area contributed by atoms with Crippen LogP contribution in [-0.2, 0) is 0 Å². The number of benzene rings is 2. The summed E-state index contributed by atoms with van der Waals surface area (Å²) < 4.78 is 18.2. The van der Waals surface area contributed by atoms with Gasteiger partial charge < -0.3 is 10.3 Å². The lowest BCUT2D eigenvalue weighted by Crippen LogP contribution is -1.90. The summed E-state index contributed by atoms with van der Waals surface area (Å²) in [6, 6.07) is 11.5. The highest BCUT2D eigenvalue weighted by atomic mass is 35.5. The van der Waals surface area contributed by atoms with Gasteiger partial charge >= 0.3 is 0 Å². The Bertz CT molecular complexity index is 797. The van der Waals surface area contributed by atoms with E-state index in [9.17, 15) is 4.39 Å². The summed E-state index contributed by atoms with van der Waals surface area (Å²) in [5.74, 6) is -0.120. The van der Waals surface area contributed by atoms with Gasteiger partial charge in [-0.2, -0.15) is 0 Å². The maximum atomic E-state index is 13.1. The van der Waals surface area contributed by atoms with Crippen molar-refractivity contribution in [1.82, 2.24) is 5.16 Å². The number of nitrogen functional groups attached to an aromatic ring is 1. The number of aromatic nitrogens is 1. The molecule has 0 spiro atoms. The molecular formula is C16H12ClFN2O. The molecule has 2 N–H and O–H groups in total. The van der Waals surface area contributed by atoms with Gasteiger partial charge in [-0.3, -0.25) is 0 Å². The van der Waals surface area contributed by atoms with E-state index in [0.717, 1.165) is 16.7 Å². The molecule has 3 aromatic rings. The fraction of sp³-hybridized carbons (Fsp3) is 0.0625. The molecule has 0 saturated carbocycles. The van der Waals surface area contributed by atoms with Gasteiger partial charge in [0.25, 0.3) is 0 Å². The first-order chi connectivity index (χ1) is 10.1. The van der Waals surface area contributed by atoms with Crippen molar-refractivity contribution in [3.05, 3.63) is 58.9 Å². The van der Waals surface area contributed by atoms with Crippen LogP contribution in [0, 0.1) is 12.7 Å². The molecule has 0 amide bonds. The summed E-state index contributed by atoms with van der Waals surface area (Å²) in [5, 5.41) is 4.63. The number of hydrogen-bond acceptors (Lipinski definition) is 3. The lowest BCUT2D eigenvalue weighted by atomic mass is 9.98. The quantitative estimate of drug-likeness (QED) is 0.747. The summed E-state index contributed by atoms with van der Waals surface area (Å²) in [6.45, 7) is 1.95. The zero-order chi connectivity index (χ0) is 15.0. The Labute approximate surface area is 126 Å². The Morgan fingerprint density at radius 2 is 1.86 bits per heavy atom. The minimum absolute atomic E-state index is 0.191. The summed E-state index contributed by atoms with van der Waals surface area (Å²) in [5.41, 5.74) is 9.69. The molecule has 0 atom stereocenters. The molecule has 0 bridgehead atoms. The summed E-state index contributed by atoms with van der Waals surface area (Å²) >= 11 is 6.05. The molecule has 2 aromatic carbocycles. The van der Waals surface area contributed by atoms with Crippen LogP contribution in [0.4, 0.5) is 10.3 Å². The first-order valence-electron chi connectivity index (χ1n) is 6.34. The Morgan fingerprint density at radius 1 is 1.14 bits per heavy atom. The van der Waals surface area contributed by atoms with Gasteiger partial charge in [0, 0.05) is 10.6 Å². The maximum absolute atomic E-state index is 13.1. The highest BCUT2D eigenvalue weighted by Crippen LogP contribution is 2.38. The molecule has 1 aromatic heterocycles. The number of aryl methyl sites for hydroxylation is 1. The molecule has 0 radical (unpaired) electrons. The highest BCUT2D eigenvalue weighted by Gasteiger charge is 2.19. The second kappa shape index (κ2) is 5.22. The minimum atomic E-state index is -0.311. The van der Waals surface area contributed by atoms with Crippen LogP contribution in [0.5, 0.6) is 0 Å². The molecule has 0 fully saturated rings. The zero-order valence-corrected chi connectivity index (χ0v) is 12.0. The second-order valence-electron chi connectivity index (χ2n) is 4.74. The van der Waals surface area contributed by atoms with Crippen molar-refractivity contribution in [2.75, 3.05) is 5.73 Å². The fourth-order valence-corrected chi connectivity index (χ4v) is 2.40. The van der Waals surface area contributed by atoms with Crippen molar-refractivity contribution in [1.29, 1.82) is 0 Å². The van der Waals surface area contributed by atoms with E-state index in [1.807, 2.05) is 13.0 Å². The average Bonchev–Trinajstić information content (AvgIpc) is 2.84. The van der Waals surface area contributed by atoms with Gasteiger partial charge in [0.2, 0.25) is 5.88 Å². The first-order valence-corrected chi connectivity index (χ1v) is 6.71. The standard InChI is InChI=1S/C16H12ClFN2O/c1-9-2-5-11(17)8-13(9)15-14(16(19)21-20-15)10-3-6-12(18)7-4-10/h2-8H,19H2,1H3. The smallest absolute Gasteiger partial charge is 0.230 e. The van der Waals surface area contributed by atoms with Crippen LogP contribution in [0.1, 0.15) is 5.56 Å². The third-order valence-electron chi connectivity index (χ3n) is 3.31. The molecule has 1 heterocycles. The van der Waals surface area contributed by atoms with Crippen molar-refractivity contribution in [2.45, 2.75) is 6.92 Å². The van der Waals surface area contributed by atoms with Crippen molar-refractivity contribution >= 4 is 17.5 Å². The first kappa shape index (κ1) is 13.6. The number of rotatable bonds is 2. The van der Waals surface area contributed by atoms with Gasteiger partial charge in [-0.25, -0.2) is 4.39 Å². The van der Waals surface area contributed by atoms with E-state index in [2.05, 4.69) is 5.16 Å². The Hall–Kier alpha value is -2.33. The van der Waals surface area contributed by atoms with E-state index in [0.29, 0.717) is 16.3 Å². The van der Waals surface area contributed by atoms with E-state index in [-0.39, 0.29) is 11.7 Å². The average molecular weight is 303 g/mol. The molecule has 0 saturated heterocycles. The van der Waals surface area contributed by atoms with Gasteiger partial charge in [-0.1, -0.05) is 35.0 Å². The van der Waals surface area contributed by atoms with Gasteiger partial charge in [0.15, 0.2) is 0 Å². The maximum Gasteiger partial charge on any atom is 0.230 e. The van der Waals surface area contributed by atoms with E-state index >= 15 is 0 Å². The third-order valence-corrected chi connectivity index (χ3v) is 3.54. The molecule has 0 aliphatic carbocycles. The van der Waals surface area contributed by atoms with E-state index < -0.39 is 0 Å². The van der Waals surface area contributed by atoms with Gasteiger partial charge in [0.1, 0.15) is 11.5 Å². The highest BCUT2D eigenvalue weighted by molar-refractivity contribution is 6.30. The molecule has 106 valence electrons. The largest absolute Gasteiger partial charge is 0.367 e. The number of hydrogen-bond donors (Lipinski definition) is 1. The molecule has 5 heteroatoms. The molecule has 0 unspecified atom stereocenters. The molecular weight excluding hydrogens is 291 g/mol. The van der Waals surface area contributed by atoms with Crippen molar-refractivity contribution < 1.29 is 8.91 Å². The van der Waals surface area contributed by atoms with Crippen LogP contribution in [0.25, 0.3) is 22.4 Å². The predicted molar refractivity (Wildman–Crippen MR) is 81.5 cm³/mol. The summed E-state index contributed by atoms with van der Waals surface area (Å²) in [6.07, 6.45) is 0. The third kappa shape index (κ3) is 2.50. The Kier molecular flexibility index (Phi) is 3.39. The normalized spacial score (nSPS) is 10.8. The topological polar surface area (TPSA) is 52.0 Å². The van der Waals surface area contributed by atoms with E-state index in [1.165, 1.54) is 12.1 Å². The monoisotopic (exact) mass is 302 g/mol. The van der Waals surface area contributed by atoms with E-state index in [1.54, 1.807) is 24.3 Å². The van der Waals surface area contributed by atoms with Crippen LogP contribution >= 0.6 is 11.6 Å². The number of halogens is 2. The number of nitrogens with two attached hydrogens (primary N) is 1. The van der Waals surface area contributed by atoms with Crippen LogP contribution in [0.3, 0.4) is 0 Å². The molecule has 0 aliphatic rings. The Balaban J connectivity index is 2.21. The van der Waals surface area contributed by atoms with Gasteiger partial charge in [0.05, 0.1) is 5.56 Å². The van der Waals surface area contributed by atoms with Gasteiger partial charge in [-0.05, 0) is 42.3 Å². The molecule has 0 aliphatic heterocycles. The van der Waals surface area contributed by atoms with Crippen LogP contribution < -0.4 is 5.73 Å². The van der Waals surface area contributed by atoms with Crippen LogP contribution in [0.15, 0.2) is 47.0 Å². The van der Waals surface area contributed by atoms with Crippen LogP contribution in [-0.4, -0.2) is 5.16 Å². The fourth-order valence-electron chi connectivity index (χ4n) is 2.23. The SMILES string of the molecule is Cc1ccc(Cl)cc1-c1noc(N)c1-c1ccc(F)cc1. The van der Waals surface area contributed by atoms with Gasteiger partial charge in [-0.15, -0.1) is 0 Å². The zero-order valence-electron chi connectivity index (χ0n) is 11.2. The second-order valence-corrected chi connectivity index (χ2v) is 5.17. The van der Waals surface area contributed by atoms with Crippen molar-refractivity contribution in [2.24, 2.45) is 0 Å². The lowest BCUT2D eigenvalue weighted by molar-refractivity contribution is 0.439. The molecule has 3 nitrogen and oxygen atoms in total. The molecule has 3 rings (SSSR count). The van der Waals surface area contributed by atoms with E-state index in [4.69, 9.17) is 21.9 Å². The predicted octanol–water partition coefficient (Wildman–Crippen LogP) is 4.69. The lowest BCUT2D eigenvalue weighted by Gasteiger charge is -2.06. The van der Waals surface area contributed by atoms with Crippen molar-refractivity contribution in [3.63, 3.8) is 0 Å². The molecule has 21 heavy (non-hydrogen) atoms. The number of anilines is 1. The Morgan fingerprint density at radius 3 is 2.57 bits per heavy atom. The summed E-state index contributed by atoms with van der Waals surface area (Å²) in [4.78, 5) is 0. The summed E-state index contributed by atoms with van der Waals surface area (Å²) in [7, 11) is 0. The van der Waals surface area contributed by atoms with Crippen molar-refractivity contribution in [3.8, 4) is 22.4 Å². The van der Waals surface area contributed by atoms with Crippen LogP contribution in [0.2, 0.25) is 5.02 Å². The minimum Gasteiger partial charge on any atom is -0.367 e. The number of nitrogens with zero attached hydrogens (tertiary/aromatic N) is 1.